The lowest BCUT2D eigenvalue weighted by Crippen LogP contribution is -2.30. The highest BCUT2D eigenvalue weighted by Crippen LogP contribution is 2.24. The summed E-state index contributed by atoms with van der Waals surface area (Å²) in [5, 5.41) is 15.5. The van der Waals surface area contributed by atoms with E-state index in [0.717, 1.165) is 12.1 Å². The Morgan fingerprint density at radius 2 is 2.18 bits per heavy atom. The number of aryl methyl sites for hydroxylation is 1. The van der Waals surface area contributed by atoms with Gasteiger partial charge >= 0.3 is 0 Å². The van der Waals surface area contributed by atoms with Crippen LogP contribution in [0.1, 0.15) is 19.4 Å². The van der Waals surface area contributed by atoms with Gasteiger partial charge in [0.25, 0.3) is 0 Å². The minimum absolute atomic E-state index is 0.0909. The van der Waals surface area contributed by atoms with Crippen LogP contribution in [0.15, 0.2) is 18.2 Å². The molecule has 0 aromatic heterocycles. The van der Waals surface area contributed by atoms with Gasteiger partial charge in [0.1, 0.15) is 5.75 Å². The third-order valence-electron chi connectivity index (χ3n) is 2.56. The van der Waals surface area contributed by atoms with Crippen LogP contribution in [-0.4, -0.2) is 24.1 Å². The van der Waals surface area contributed by atoms with Gasteiger partial charge in [-0.2, -0.15) is 0 Å². The molecule has 3 N–H and O–H groups in total. The molecule has 0 aliphatic heterocycles. The zero-order valence-electron chi connectivity index (χ0n) is 10.6. The first kappa shape index (κ1) is 13.5. The van der Waals surface area contributed by atoms with E-state index >= 15 is 0 Å². The largest absolute Gasteiger partial charge is 0.506 e. The van der Waals surface area contributed by atoms with E-state index in [-0.39, 0.29) is 17.6 Å². The van der Waals surface area contributed by atoms with Crippen LogP contribution in [0.5, 0.6) is 5.75 Å². The van der Waals surface area contributed by atoms with Gasteiger partial charge in [0.2, 0.25) is 5.91 Å². The maximum absolute atomic E-state index is 11.8. The summed E-state index contributed by atoms with van der Waals surface area (Å²) in [4.78, 5) is 11.8. The van der Waals surface area contributed by atoms with Crippen molar-refractivity contribution in [2.24, 2.45) is 5.92 Å². The van der Waals surface area contributed by atoms with Gasteiger partial charge in [0, 0.05) is 12.5 Å². The Bertz CT molecular complexity index is 391. The van der Waals surface area contributed by atoms with Crippen molar-refractivity contribution in [2.75, 3.05) is 18.4 Å². The van der Waals surface area contributed by atoms with Crippen LogP contribution in [-0.2, 0) is 4.79 Å². The molecule has 0 bridgehead atoms. The normalized spacial score (nSPS) is 12.2. The summed E-state index contributed by atoms with van der Waals surface area (Å²) < 4.78 is 0. The fourth-order valence-electron chi connectivity index (χ4n) is 1.46. The molecule has 0 saturated heterocycles. The number of hydrogen-bond donors (Lipinski definition) is 3. The van der Waals surface area contributed by atoms with Crippen LogP contribution < -0.4 is 10.6 Å². The molecule has 0 heterocycles. The second-order valence-corrected chi connectivity index (χ2v) is 4.22. The number of aromatic hydroxyl groups is 1. The highest BCUT2D eigenvalue weighted by molar-refractivity contribution is 5.93. The molecule has 0 aliphatic rings. The lowest BCUT2D eigenvalue weighted by atomic mass is 10.1. The summed E-state index contributed by atoms with van der Waals surface area (Å²) >= 11 is 0. The second-order valence-electron chi connectivity index (χ2n) is 4.22. The SMILES string of the molecule is CCNCC(C)C(=O)Nc1cc(C)ccc1O. The number of phenolic OH excluding ortho intramolecular Hbond substituents is 1. The van der Waals surface area contributed by atoms with Gasteiger partial charge in [-0.15, -0.1) is 0 Å². The molecular formula is C13H20N2O2. The van der Waals surface area contributed by atoms with E-state index in [0.29, 0.717) is 12.2 Å². The molecule has 0 radical (unpaired) electrons. The summed E-state index contributed by atoms with van der Waals surface area (Å²) in [5.41, 5.74) is 1.47. The van der Waals surface area contributed by atoms with Crippen molar-refractivity contribution < 1.29 is 9.90 Å². The molecule has 1 atom stereocenters. The molecule has 1 aromatic carbocycles. The van der Waals surface area contributed by atoms with Crippen LogP contribution in [0.2, 0.25) is 0 Å². The topological polar surface area (TPSA) is 61.4 Å². The number of rotatable bonds is 5. The van der Waals surface area contributed by atoms with Crippen LogP contribution in [0.4, 0.5) is 5.69 Å². The molecule has 1 unspecified atom stereocenters. The number of amides is 1. The Kier molecular flexibility index (Phi) is 4.97. The van der Waals surface area contributed by atoms with Crippen molar-refractivity contribution in [3.63, 3.8) is 0 Å². The third kappa shape index (κ3) is 4.07. The number of anilines is 1. The summed E-state index contributed by atoms with van der Waals surface area (Å²) in [6.45, 7) is 7.24. The standard InChI is InChI=1S/C13H20N2O2/c1-4-14-8-10(3)13(17)15-11-7-9(2)5-6-12(11)16/h5-7,10,14,16H,4,8H2,1-3H3,(H,15,17). The Hall–Kier alpha value is -1.55. The van der Waals surface area contributed by atoms with E-state index in [1.54, 1.807) is 18.2 Å². The maximum atomic E-state index is 11.8. The van der Waals surface area contributed by atoms with Gasteiger partial charge in [-0.1, -0.05) is 19.9 Å². The smallest absolute Gasteiger partial charge is 0.228 e. The van der Waals surface area contributed by atoms with Gasteiger partial charge < -0.3 is 15.7 Å². The highest BCUT2D eigenvalue weighted by atomic mass is 16.3. The van der Waals surface area contributed by atoms with E-state index < -0.39 is 0 Å². The quantitative estimate of drug-likeness (QED) is 0.684. The molecule has 0 aliphatic carbocycles. The number of carbonyl (C=O) groups excluding carboxylic acids is 1. The van der Waals surface area contributed by atoms with E-state index in [4.69, 9.17) is 0 Å². The van der Waals surface area contributed by atoms with E-state index in [1.807, 2.05) is 20.8 Å². The van der Waals surface area contributed by atoms with E-state index in [1.165, 1.54) is 0 Å². The number of hydrogen-bond acceptors (Lipinski definition) is 3. The van der Waals surface area contributed by atoms with Crippen LogP contribution >= 0.6 is 0 Å². The molecule has 1 aromatic rings. The summed E-state index contributed by atoms with van der Waals surface area (Å²) in [6, 6.07) is 5.14. The average Bonchev–Trinajstić information content (AvgIpc) is 2.30. The molecule has 1 rings (SSSR count). The van der Waals surface area contributed by atoms with E-state index in [2.05, 4.69) is 10.6 Å². The monoisotopic (exact) mass is 236 g/mol. The Morgan fingerprint density at radius 3 is 2.82 bits per heavy atom. The fraction of sp³-hybridized carbons (Fsp3) is 0.462. The highest BCUT2D eigenvalue weighted by Gasteiger charge is 2.13. The molecule has 17 heavy (non-hydrogen) atoms. The maximum Gasteiger partial charge on any atom is 0.228 e. The summed E-state index contributed by atoms with van der Waals surface area (Å²) in [5.74, 6) is -0.124. The number of benzene rings is 1. The Balaban J connectivity index is 2.64. The fourth-order valence-corrected chi connectivity index (χ4v) is 1.46. The van der Waals surface area contributed by atoms with Crippen molar-refractivity contribution in [3.05, 3.63) is 23.8 Å². The predicted molar refractivity (Wildman–Crippen MR) is 69.2 cm³/mol. The first-order chi connectivity index (χ1) is 8.04. The van der Waals surface area contributed by atoms with Crippen molar-refractivity contribution in [1.29, 1.82) is 0 Å². The molecule has 0 spiro atoms. The number of phenols is 1. The zero-order chi connectivity index (χ0) is 12.8. The summed E-state index contributed by atoms with van der Waals surface area (Å²) in [7, 11) is 0. The first-order valence-corrected chi connectivity index (χ1v) is 5.85. The predicted octanol–water partition coefficient (Wildman–Crippen LogP) is 1.88. The van der Waals surface area contributed by atoms with Crippen LogP contribution in [0.3, 0.4) is 0 Å². The second kappa shape index (κ2) is 6.25. The van der Waals surface area contributed by atoms with Crippen LogP contribution in [0.25, 0.3) is 0 Å². The van der Waals surface area contributed by atoms with Crippen LogP contribution in [0, 0.1) is 12.8 Å². The zero-order valence-corrected chi connectivity index (χ0v) is 10.6. The number of carbonyl (C=O) groups is 1. The summed E-state index contributed by atoms with van der Waals surface area (Å²) in [6.07, 6.45) is 0. The molecule has 0 fully saturated rings. The van der Waals surface area contributed by atoms with Gasteiger partial charge in [-0.3, -0.25) is 4.79 Å². The minimum Gasteiger partial charge on any atom is -0.506 e. The molecule has 4 heteroatoms. The van der Waals surface area contributed by atoms with Crippen molar-refractivity contribution in [1.82, 2.24) is 5.32 Å². The van der Waals surface area contributed by atoms with Gasteiger partial charge in [-0.05, 0) is 31.2 Å². The molecule has 1 amide bonds. The number of nitrogens with one attached hydrogen (secondary N) is 2. The third-order valence-corrected chi connectivity index (χ3v) is 2.56. The molecule has 0 saturated carbocycles. The first-order valence-electron chi connectivity index (χ1n) is 5.85. The molecule has 4 nitrogen and oxygen atoms in total. The Morgan fingerprint density at radius 1 is 1.47 bits per heavy atom. The molecular weight excluding hydrogens is 216 g/mol. The minimum atomic E-state index is -0.130. The van der Waals surface area contributed by atoms with Gasteiger partial charge in [0.05, 0.1) is 5.69 Å². The lowest BCUT2D eigenvalue weighted by molar-refractivity contribution is -0.119. The average molecular weight is 236 g/mol. The van der Waals surface area contributed by atoms with Gasteiger partial charge in [0.15, 0.2) is 0 Å². The van der Waals surface area contributed by atoms with Crippen molar-refractivity contribution in [3.8, 4) is 5.75 Å². The lowest BCUT2D eigenvalue weighted by Gasteiger charge is -2.13. The van der Waals surface area contributed by atoms with Crippen molar-refractivity contribution in [2.45, 2.75) is 20.8 Å². The van der Waals surface area contributed by atoms with Crippen molar-refractivity contribution >= 4 is 11.6 Å². The van der Waals surface area contributed by atoms with E-state index in [9.17, 15) is 9.90 Å². The van der Waals surface area contributed by atoms with Gasteiger partial charge in [-0.25, -0.2) is 0 Å². The molecule has 94 valence electrons. The Labute approximate surface area is 102 Å².